The first-order chi connectivity index (χ1) is 7.24. The highest BCUT2D eigenvalue weighted by Crippen LogP contribution is 2.18. The van der Waals surface area contributed by atoms with Crippen molar-refractivity contribution in [1.29, 1.82) is 0 Å². The normalized spacial score (nSPS) is 19.3. The molecule has 0 atom stereocenters. The summed E-state index contributed by atoms with van der Waals surface area (Å²) < 4.78 is 1.07. The van der Waals surface area contributed by atoms with Crippen LogP contribution in [0.5, 0.6) is 0 Å². The van der Waals surface area contributed by atoms with Gasteiger partial charge in [0, 0.05) is 23.4 Å². The van der Waals surface area contributed by atoms with E-state index in [0.29, 0.717) is 0 Å². The number of aromatic nitrogens is 1. The molecule has 82 valence electrons. The summed E-state index contributed by atoms with van der Waals surface area (Å²) in [5.41, 5.74) is 1.30. The van der Waals surface area contributed by atoms with Crippen LogP contribution in [0.3, 0.4) is 0 Å². The summed E-state index contributed by atoms with van der Waals surface area (Å²) in [5, 5.41) is 0. The van der Waals surface area contributed by atoms with Crippen LogP contribution in [0.2, 0.25) is 0 Å². The minimum atomic E-state index is 0.905. The predicted molar refractivity (Wildman–Crippen MR) is 65.6 cm³/mol. The van der Waals surface area contributed by atoms with Crippen molar-refractivity contribution < 1.29 is 0 Å². The number of piperidine rings is 1. The van der Waals surface area contributed by atoms with Crippen molar-refractivity contribution in [3.63, 3.8) is 0 Å². The van der Waals surface area contributed by atoms with Gasteiger partial charge in [-0.1, -0.05) is 6.92 Å². The molecule has 3 heteroatoms. The number of pyridine rings is 1. The summed E-state index contributed by atoms with van der Waals surface area (Å²) in [7, 11) is 0. The Labute approximate surface area is 99.8 Å². The van der Waals surface area contributed by atoms with Crippen molar-refractivity contribution in [2.45, 2.75) is 26.3 Å². The molecule has 1 aliphatic rings. The van der Waals surface area contributed by atoms with Gasteiger partial charge in [0.1, 0.15) is 0 Å². The number of rotatable bonds is 2. The van der Waals surface area contributed by atoms with Crippen molar-refractivity contribution in [1.82, 2.24) is 9.88 Å². The van der Waals surface area contributed by atoms with Gasteiger partial charge in [-0.05, 0) is 59.4 Å². The second-order valence-electron chi connectivity index (χ2n) is 4.47. The van der Waals surface area contributed by atoms with Gasteiger partial charge in [0.2, 0.25) is 0 Å². The molecule has 0 unspecified atom stereocenters. The zero-order chi connectivity index (χ0) is 10.7. The predicted octanol–water partition coefficient (Wildman–Crippen LogP) is 3.08. The fourth-order valence-electron chi connectivity index (χ4n) is 2.02. The average molecular weight is 269 g/mol. The van der Waals surface area contributed by atoms with Crippen LogP contribution in [-0.2, 0) is 6.54 Å². The molecule has 1 saturated heterocycles. The van der Waals surface area contributed by atoms with Gasteiger partial charge in [0.15, 0.2) is 0 Å². The molecule has 2 nitrogen and oxygen atoms in total. The Balaban J connectivity index is 1.92. The summed E-state index contributed by atoms with van der Waals surface area (Å²) in [6, 6.07) is 2.16. The third-order valence-corrected chi connectivity index (χ3v) is 3.48. The number of likely N-dealkylation sites (tertiary alicyclic amines) is 1. The first-order valence-electron chi connectivity index (χ1n) is 5.56. The van der Waals surface area contributed by atoms with E-state index >= 15 is 0 Å². The molecule has 0 amide bonds. The molecule has 0 aliphatic carbocycles. The minimum absolute atomic E-state index is 0.905. The summed E-state index contributed by atoms with van der Waals surface area (Å²) in [6.07, 6.45) is 6.47. The fraction of sp³-hybridized carbons (Fsp3) is 0.583. The number of nitrogens with zero attached hydrogens (tertiary/aromatic N) is 2. The van der Waals surface area contributed by atoms with E-state index < -0.39 is 0 Å². The van der Waals surface area contributed by atoms with Crippen molar-refractivity contribution in [2.75, 3.05) is 13.1 Å². The molecular formula is C12H17BrN2. The first-order valence-corrected chi connectivity index (χ1v) is 6.35. The Morgan fingerprint density at radius 2 is 2.13 bits per heavy atom. The summed E-state index contributed by atoms with van der Waals surface area (Å²) >= 11 is 3.46. The maximum atomic E-state index is 4.19. The summed E-state index contributed by atoms with van der Waals surface area (Å²) in [5.74, 6) is 0.905. The zero-order valence-electron chi connectivity index (χ0n) is 9.12. The van der Waals surface area contributed by atoms with Gasteiger partial charge in [-0.2, -0.15) is 0 Å². The molecule has 0 N–H and O–H groups in total. The molecule has 2 heterocycles. The quantitative estimate of drug-likeness (QED) is 0.820. The lowest BCUT2D eigenvalue weighted by Crippen LogP contribution is -2.32. The molecule has 1 aromatic heterocycles. The molecule has 1 aromatic rings. The molecule has 1 aliphatic heterocycles. The van der Waals surface area contributed by atoms with Gasteiger partial charge in [0.05, 0.1) is 0 Å². The number of hydrogen-bond donors (Lipinski definition) is 0. The Morgan fingerprint density at radius 1 is 1.40 bits per heavy atom. The van der Waals surface area contributed by atoms with E-state index in [1.54, 1.807) is 0 Å². The van der Waals surface area contributed by atoms with Crippen molar-refractivity contribution in [3.05, 3.63) is 28.5 Å². The second-order valence-corrected chi connectivity index (χ2v) is 5.39. The highest BCUT2D eigenvalue weighted by molar-refractivity contribution is 9.10. The molecular weight excluding hydrogens is 252 g/mol. The lowest BCUT2D eigenvalue weighted by molar-refractivity contribution is 0.185. The van der Waals surface area contributed by atoms with Crippen molar-refractivity contribution >= 4 is 15.9 Å². The fourth-order valence-corrected chi connectivity index (χ4v) is 2.43. The standard InChI is InChI=1S/C12H17BrN2/c1-10-2-4-15(5-3-10)9-11-6-12(13)8-14-7-11/h6-8,10H,2-5,9H2,1H3. The Bertz CT molecular complexity index is 319. The molecule has 0 spiro atoms. The molecule has 15 heavy (non-hydrogen) atoms. The third-order valence-electron chi connectivity index (χ3n) is 3.04. The summed E-state index contributed by atoms with van der Waals surface area (Å²) in [4.78, 5) is 6.71. The van der Waals surface area contributed by atoms with Gasteiger partial charge >= 0.3 is 0 Å². The molecule has 0 bridgehead atoms. The van der Waals surface area contributed by atoms with Crippen molar-refractivity contribution in [2.24, 2.45) is 5.92 Å². The molecule has 2 rings (SSSR count). The van der Waals surface area contributed by atoms with Gasteiger partial charge in [-0.3, -0.25) is 9.88 Å². The second kappa shape index (κ2) is 5.08. The van der Waals surface area contributed by atoms with Gasteiger partial charge in [-0.15, -0.1) is 0 Å². The SMILES string of the molecule is CC1CCN(Cc2cncc(Br)c2)CC1. The minimum Gasteiger partial charge on any atom is -0.299 e. The third kappa shape index (κ3) is 3.28. The van der Waals surface area contributed by atoms with E-state index in [-0.39, 0.29) is 0 Å². The van der Waals surface area contributed by atoms with Gasteiger partial charge in [-0.25, -0.2) is 0 Å². The van der Waals surface area contributed by atoms with Crippen LogP contribution >= 0.6 is 15.9 Å². The van der Waals surface area contributed by atoms with E-state index in [4.69, 9.17) is 0 Å². The smallest absolute Gasteiger partial charge is 0.0410 e. The van der Waals surface area contributed by atoms with Crippen LogP contribution in [-0.4, -0.2) is 23.0 Å². The van der Waals surface area contributed by atoms with E-state index in [9.17, 15) is 0 Å². The van der Waals surface area contributed by atoms with E-state index in [2.05, 4.69) is 38.8 Å². The highest BCUT2D eigenvalue weighted by Gasteiger charge is 2.15. The van der Waals surface area contributed by atoms with Gasteiger partial charge in [0.25, 0.3) is 0 Å². The van der Waals surface area contributed by atoms with Gasteiger partial charge < -0.3 is 0 Å². The largest absolute Gasteiger partial charge is 0.299 e. The highest BCUT2D eigenvalue weighted by atomic mass is 79.9. The maximum Gasteiger partial charge on any atom is 0.0410 e. The van der Waals surface area contributed by atoms with E-state index in [1.165, 1.54) is 31.5 Å². The number of halogens is 1. The first kappa shape index (κ1) is 11.1. The molecule has 0 radical (unpaired) electrons. The van der Waals surface area contributed by atoms with Crippen LogP contribution in [0, 0.1) is 5.92 Å². The van der Waals surface area contributed by atoms with Crippen LogP contribution in [0.4, 0.5) is 0 Å². The monoisotopic (exact) mass is 268 g/mol. The molecule has 1 fully saturated rings. The zero-order valence-corrected chi connectivity index (χ0v) is 10.7. The van der Waals surface area contributed by atoms with E-state index in [1.807, 2.05) is 12.4 Å². The van der Waals surface area contributed by atoms with Crippen molar-refractivity contribution in [3.8, 4) is 0 Å². The number of hydrogen-bond acceptors (Lipinski definition) is 2. The Hall–Kier alpha value is -0.410. The molecule has 0 aromatic carbocycles. The summed E-state index contributed by atoms with van der Waals surface area (Å²) in [6.45, 7) is 5.85. The Morgan fingerprint density at radius 3 is 2.80 bits per heavy atom. The average Bonchev–Trinajstić information content (AvgIpc) is 2.22. The van der Waals surface area contributed by atoms with Crippen LogP contribution in [0.25, 0.3) is 0 Å². The van der Waals surface area contributed by atoms with Crippen LogP contribution in [0.15, 0.2) is 22.9 Å². The molecule has 0 saturated carbocycles. The lowest BCUT2D eigenvalue weighted by atomic mass is 9.99. The topological polar surface area (TPSA) is 16.1 Å². The van der Waals surface area contributed by atoms with Crippen LogP contribution < -0.4 is 0 Å². The van der Waals surface area contributed by atoms with E-state index in [0.717, 1.165) is 16.9 Å². The Kier molecular flexibility index (Phi) is 3.76. The maximum absolute atomic E-state index is 4.19. The lowest BCUT2D eigenvalue weighted by Gasteiger charge is -2.30. The van der Waals surface area contributed by atoms with Crippen LogP contribution in [0.1, 0.15) is 25.3 Å².